The van der Waals surface area contributed by atoms with Gasteiger partial charge in [-0.05, 0) is 81.0 Å². The Morgan fingerprint density at radius 2 is 1.71 bits per heavy atom. The SMILES string of the molecule is C[C@@H](COc1nc(N2CC3CCC(C2)N3C(=O)OC(C)(C)C)c2cc(Cl)c(-c3cc(O)cc4ccccc34)c(F)c2n1)CN1C2CCC1COC2. The maximum Gasteiger partial charge on any atom is 0.410 e. The summed E-state index contributed by atoms with van der Waals surface area (Å²) in [4.78, 5) is 29.4. The number of carbonyl (C=O) groups is 1. The number of hydrogen-bond acceptors (Lipinski definition) is 9. The van der Waals surface area contributed by atoms with Crippen LogP contribution < -0.4 is 9.64 Å². The highest BCUT2D eigenvalue weighted by molar-refractivity contribution is 6.35. The van der Waals surface area contributed by atoms with Gasteiger partial charge in [0.25, 0.3) is 0 Å². The molecule has 5 atom stereocenters. The van der Waals surface area contributed by atoms with Crippen molar-refractivity contribution in [2.75, 3.05) is 44.4 Å². The molecule has 4 aliphatic rings. The summed E-state index contributed by atoms with van der Waals surface area (Å²) < 4.78 is 34.9. The van der Waals surface area contributed by atoms with Crippen molar-refractivity contribution in [1.82, 2.24) is 19.8 Å². The van der Waals surface area contributed by atoms with E-state index in [1.54, 1.807) is 12.1 Å². The highest BCUT2D eigenvalue weighted by Crippen LogP contribution is 2.44. The van der Waals surface area contributed by atoms with Crippen molar-refractivity contribution < 1.29 is 28.5 Å². The van der Waals surface area contributed by atoms with Gasteiger partial charge in [-0.15, -0.1) is 0 Å². The molecular formula is C39H45ClFN5O5. The fourth-order valence-corrected chi connectivity index (χ4v) is 8.84. The van der Waals surface area contributed by atoms with E-state index in [0.29, 0.717) is 48.5 Å². The zero-order valence-corrected chi connectivity index (χ0v) is 30.3. The molecule has 4 aromatic rings. The quantitative estimate of drug-likeness (QED) is 0.209. The number of morpholine rings is 1. The van der Waals surface area contributed by atoms with E-state index in [0.717, 1.165) is 56.2 Å². The molecule has 5 heterocycles. The minimum absolute atomic E-state index is 0.00712. The van der Waals surface area contributed by atoms with Crippen molar-refractivity contribution in [3.8, 4) is 22.9 Å². The number of benzene rings is 3. The molecule has 1 aromatic heterocycles. The van der Waals surface area contributed by atoms with Crippen LogP contribution in [0.1, 0.15) is 53.4 Å². The first kappa shape index (κ1) is 34.2. The Hall–Kier alpha value is -3.93. The average Bonchev–Trinajstić information content (AvgIpc) is 3.45. The molecule has 0 saturated carbocycles. The predicted octanol–water partition coefficient (Wildman–Crippen LogP) is 7.41. The lowest BCUT2D eigenvalue weighted by Gasteiger charge is -2.42. The maximum absolute atomic E-state index is 17.1. The summed E-state index contributed by atoms with van der Waals surface area (Å²) in [5, 5.41) is 12.8. The molecule has 51 heavy (non-hydrogen) atoms. The Balaban J connectivity index is 1.16. The fourth-order valence-electron chi connectivity index (χ4n) is 8.54. The third-order valence-corrected chi connectivity index (χ3v) is 11.1. The van der Waals surface area contributed by atoms with Gasteiger partial charge in [-0.25, -0.2) is 9.18 Å². The number of nitrogens with zero attached hydrogens (tertiary/aromatic N) is 5. The van der Waals surface area contributed by atoms with E-state index in [2.05, 4.69) is 21.7 Å². The molecule has 10 nitrogen and oxygen atoms in total. The van der Waals surface area contributed by atoms with Crippen LogP contribution in [0, 0.1) is 11.7 Å². The molecule has 8 rings (SSSR count). The highest BCUT2D eigenvalue weighted by Gasteiger charge is 2.45. The first-order valence-electron chi connectivity index (χ1n) is 18.1. The normalized spacial score (nSPS) is 24.0. The van der Waals surface area contributed by atoms with Gasteiger partial charge in [0.05, 0.1) is 36.9 Å². The van der Waals surface area contributed by atoms with Crippen LogP contribution in [0.2, 0.25) is 5.02 Å². The third kappa shape index (κ3) is 6.53. The summed E-state index contributed by atoms with van der Waals surface area (Å²) in [6, 6.07) is 13.2. The van der Waals surface area contributed by atoms with Crippen LogP contribution in [0.15, 0.2) is 42.5 Å². The summed E-state index contributed by atoms with van der Waals surface area (Å²) in [6.07, 6.45) is 3.65. The Bertz CT molecular complexity index is 1960. The summed E-state index contributed by atoms with van der Waals surface area (Å²) >= 11 is 6.96. The second-order valence-electron chi connectivity index (χ2n) is 15.7. The molecule has 270 valence electrons. The van der Waals surface area contributed by atoms with Crippen molar-refractivity contribution in [1.29, 1.82) is 0 Å². The van der Waals surface area contributed by atoms with Crippen molar-refractivity contribution in [2.24, 2.45) is 5.92 Å². The van der Waals surface area contributed by atoms with E-state index < -0.39 is 11.4 Å². The van der Waals surface area contributed by atoms with Gasteiger partial charge in [0.2, 0.25) is 0 Å². The van der Waals surface area contributed by atoms with Gasteiger partial charge < -0.3 is 24.2 Å². The lowest BCUT2D eigenvalue weighted by atomic mass is 9.96. The van der Waals surface area contributed by atoms with Crippen molar-refractivity contribution >= 4 is 45.2 Å². The van der Waals surface area contributed by atoms with Gasteiger partial charge in [-0.3, -0.25) is 9.80 Å². The lowest BCUT2D eigenvalue weighted by molar-refractivity contribution is -0.0229. The number of halogens is 2. The molecule has 4 saturated heterocycles. The number of aromatic hydroxyl groups is 1. The number of aromatic nitrogens is 2. The fraction of sp³-hybridized carbons (Fsp3) is 0.513. The van der Waals surface area contributed by atoms with Crippen LogP contribution in [0.25, 0.3) is 32.8 Å². The predicted molar refractivity (Wildman–Crippen MR) is 195 cm³/mol. The van der Waals surface area contributed by atoms with Crippen molar-refractivity contribution in [3.05, 3.63) is 53.3 Å². The van der Waals surface area contributed by atoms with E-state index in [9.17, 15) is 9.90 Å². The van der Waals surface area contributed by atoms with Crippen LogP contribution in [-0.2, 0) is 9.47 Å². The molecule has 0 aliphatic carbocycles. The summed E-state index contributed by atoms with van der Waals surface area (Å²) in [5.74, 6) is 0.0805. The van der Waals surface area contributed by atoms with Crippen molar-refractivity contribution in [3.63, 3.8) is 0 Å². The minimum atomic E-state index is -0.616. The molecule has 4 unspecified atom stereocenters. The second kappa shape index (κ2) is 13.2. The summed E-state index contributed by atoms with van der Waals surface area (Å²) in [5.41, 5.74) is 0.101. The van der Waals surface area contributed by atoms with Crippen molar-refractivity contribution in [2.45, 2.75) is 83.1 Å². The molecule has 4 aliphatic heterocycles. The molecule has 3 aromatic carbocycles. The number of phenolic OH excluding ortho intramolecular Hbond substituents is 1. The average molecular weight is 718 g/mol. The zero-order chi connectivity index (χ0) is 35.6. The number of carbonyl (C=O) groups excluding carboxylic acids is 1. The number of phenols is 1. The number of rotatable bonds is 7. The number of piperazine rings is 1. The van der Waals surface area contributed by atoms with E-state index in [4.69, 9.17) is 30.8 Å². The number of amides is 1. The van der Waals surface area contributed by atoms with Crippen LogP contribution >= 0.6 is 11.6 Å². The van der Waals surface area contributed by atoms with Gasteiger partial charge in [0.15, 0.2) is 5.82 Å². The Labute approximate surface area is 302 Å². The lowest BCUT2D eigenvalue weighted by Crippen LogP contribution is -2.57. The molecule has 1 amide bonds. The number of ether oxygens (including phenoxy) is 3. The zero-order valence-electron chi connectivity index (χ0n) is 29.6. The molecule has 1 N–H and O–H groups in total. The largest absolute Gasteiger partial charge is 0.508 e. The van der Waals surface area contributed by atoms with E-state index >= 15 is 4.39 Å². The van der Waals surface area contributed by atoms with Gasteiger partial charge in [0.1, 0.15) is 22.7 Å². The Kier molecular flexibility index (Phi) is 8.87. The molecule has 0 radical (unpaired) electrons. The summed E-state index contributed by atoms with van der Waals surface area (Å²) in [6.45, 7) is 11.5. The van der Waals surface area contributed by atoms with Gasteiger partial charge >= 0.3 is 12.1 Å². The molecule has 4 bridgehead atoms. The van der Waals surface area contributed by atoms with E-state index in [-0.39, 0.29) is 52.0 Å². The highest BCUT2D eigenvalue weighted by atomic mass is 35.5. The topological polar surface area (TPSA) is 100 Å². The second-order valence-corrected chi connectivity index (χ2v) is 16.1. The number of hydrogen-bond donors (Lipinski definition) is 1. The Morgan fingerprint density at radius 1 is 1.02 bits per heavy atom. The smallest absolute Gasteiger partial charge is 0.410 e. The van der Waals surface area contributed by atoms with E-state index in [1.165, 1.54) is 6.07 Å². The number of anilines is 1. The van der Waals surface area contributed by atoms with Crippen LogP contribution in [0.3, 0.4) is 0 Å². The summed E-state index contributed by atoms with van der Waals surface area (Å²) in [7, 11) is 0. The number of fused-ring (bicyclic) bond motifs is 6. The standard InChI is InChI=1S/C39H45ClFN5O5/c1-22(16-45-26-11-12-27(45)21-49-20-26)19-50-37-42-35-31(15-32(40)33(34(35)41)30-14-28(47)13-23-7-5-6-8-29(23)30)36(43-37)44-17-24-9-10-25(18-44)46(24)38(48)51-39(2,3)4/h5-8,13-15,22,24-27,47H,9-12,16-21H2,1-4H3/t22-,24?,25?,26?,27?/m1/s1. The monoisotopic (exact) mass is 717 g/mol. The van der Waals surface area contributed by atoms with E-state index in [1.807, 2.05) is 49.9 Å². The molecular weight excluding hydrogens is 673 g/mol. The van der Waals surface area contributed by atoms with Gasteiger partial charge in [0, 0.05) is 48.6 Å². The Morgan fingerprint density at radius 3 is 2.41 bits per heavy atom. The first-order chi connectivity index (χ1) is 24.4. The molecule has 0 spiro atoms. The van der Waals surface area contributed by atoms with Gasteiger partial charge in [-0.2, -0.15) is 9.97 Å². The third-order valence-electron chi connectivity index (χ3n) is 10.8. The van der Waals surface area contributed by atoms with Crippen LogP contribution in [0.4, 0.5) is 15.0 Å². The van der Waals surface area contributed by atoms with Crippen LogP contribution in [0.5, 0.6) is 11.8 Å². The van der Waals surface area contributed by atoms with Gasteiger partial charge in [-0.1, -0.05) is 42.8 Å². The maximum atomic E-state index is 17.1. The first-order valence-corrected chi connectivity index (χ1v) is 18.5. The molecule has 12 heteroatoms. The van der Waals surface area contributed by atoms with Crippen LogP contribution in [-0.4, -0.2) is 100 Å². The minimum Gasteiger partial charge on any atom is -0.508 e. The molecule has 4 fully saturated rings.